The van der Waals surface area contributed by atoms with Gasteiger partial charge in [0.25, 0.3) is 0 Å². The van der Waals surface area contributed by atoms with Crippen molar-refractivity contribution in [3.05, 3.63) is 29.6 Å². The van der Waals surface area contributed by atoms with Crippen LogP contribution in [-0.4, -0.2) is 40.8 Å². The van der Waals surface area contributed by atoms with Gasteiger partial charge in [-0.25, -0.2) is 9.18 Å². The second-order valence-corrected chi connectivity index (χ2v) is 6.65. The summed E-state index contributed by atoms with van der Waals surface area (Å²) in [5.74, 6) is -1.95. The second-order valence-electron chi connectivity index (χ2n) is 6.65. The predicted octanol–water partition coefficient (Wildman–Crippen LogP) is 2.70. The van der Waals surface area contributed by atoms with Crippen LogP contribution < -0.4 is 4.74 Å². The first-order chi connectivity index (χ1) is 11.9. The Morgan fingerprint density at radius 1 is 1.16 bits per heavy atom. The third kappa shape index (κ3) is 3.10. The highest BCUT2D eigenvalue weighted by Crippen LogP contribution is 2.31. The van der Waals surface area contributed by atoms with E-state index in [0.29, 0.717) is 5.56 Å². The lowest BCUT2D eigenvalue weighted by Crippen LogP contribution is -2.46. The monoisotopic (exact) mass is 348 g/mol. The van der Waals surface area contributed by atoms with Gasteiger partial charge in [0, 0.05) is 6.04 Å². The standard InChI is InChI=1S/C18H21FN2O4/c1-11-5-3-4-6-14(11)21-17(23)16(22)20(18(21)24)10-12-7-8-15(25-2)13(19)9-12/h7-9,11,14H,3-6,10H2,1-2H3/t11-,14-/m0/s1. The van der Waals surface area contributed by atoms with Crippen LogP contribution >= 0.6 is 0 Å². The molecule has 0 radical (unpaired) electrons. The van der Waals surface area contributed by atoms with E-state index in [1.165, 1.54) is 19.2 Å². The number of halogens is 1. The van der Waals surface area contributed by atoms with E-state index in [0.717, 1.165) is 35.5 Å². The van der Waals surface area contributed by atoms with Crippen LogP contribution in [0.15, 0.2) is 18.2 Å². The number of ether oxygens (including phenoxy) is 1. The number of carbonyl (C=O) groups is 3. The molecule has 1 saturated heterocycles. The third-order valence-electron chi connectivity index (χ3n) is 5.04. The molecule has 6 nitrogen and oxygen atoms in total. The van der Waals surface area contributed by atoms with E-state index in [1.54, 1.807) is 6.07 Å². The molecule has 1 heterocycles. The van der Waals surface area contributed by atoms with Crippen molar-refractivity contribution in [2.24, 2.45) is 5.92 Å². The second kappa shape index (κ2) is 6.82. The molecule has 0 unspecified atom stereocenters. The molecule has 25 heavy (non-hydrogen) atoms. The van der Waals surface area contributed by atoms with Gasteiger partial charge in [-0.15, -0.1) is 0 Å². The minimum Gasteiger partial charge on any atom is -0.494 e. The number of hydrogen-bond acceptors (Lipinski definition) is 4. The lowest BCUT2D eigenvalue weighted by Gasteiger charge is -2.34. The largest absolute Gasteiger partial charge is 0.494 e. The van der Waals surface area contributed by atoms with Gasteiger partial charge in [0.15, 0.2) is 11.6 Å². The predicted molar refractivity (Wildman–Crippen MR) is 87.2 cm³/mol. The van der Waals surface area contributed by atoms with Crippen molar-refractivity contribution >= 4 is 17.8 Å². The molecule has 2 fully saturated rings. The zero-order valence-electron chi connectivity index (χ0n) is 14.3. The van der Waals surface area contributed by atoms with Crippen LogP contribution in [0, 0.1) is 11.7 Å². The fourth-order valence-electron chi connectivity index (χ4n) is 3.63. The van der Waals surface area contributed by atoms with Gasteiger partial charge in [-0.05, 0) is 36.5 Å². The minimum atomic E-state index is -0.848. The topological polar surface area (TPSA) is 66.9 Å². The van der Waals surface area contributed by atoms with E-state index >= 15 is 0 Å². The van der Waals surface area contributed by atoms with Gasteiger partial charge in [-0.1, -0.05) is 25.8 Å². The normalized spacial score (nSPS) is 24.2. The molecule has 1 aliphatic carbocycles. The summed E-state index contributed by atoms with van der Waals surface area (Å²) in [7, 11) is 1.35. The summed E-state index contributed by atoms with van der Waals surface area (Å²) in [6.45, 7) is 1.86. The van der Waals surface area contributed by atoms with E-state index in [4.69, 9.17) is 4.74 Å². The highest BCUT2D eigenvalue weighted by molar-refractivity contribution is 6.44. The van der Waals surface area contributed by atoms with E-state index in [9.17, 15) is 18.8 Å². The Morgan fingerprint density at radius 3 is 2.52 bits per heavy atom. The van der Waals surface area contributed by atoms with E-state index in [-0.39, 0.29) is 24.3 Å². The van der Waals surface area contributed by atoms with Crippen LogP contribution in [0.5, 0.6) is 5.75 Å². The maximum absolute atomic E-state index is 13.8. The molecule has 0 spiro atoms. The number of amides is 4. The van der Waals surface area contributed by atoms with Crippen LogP contribution in [0.2, 0.25) is 0 Å². The summed E-state index contributed by atoms with van der Waals surface area (Å²) in [5.41, 5.74) is 0.423. The van der Waals surface area contributed by atoms with Crippen LogP contribution in [0.3, 0.4) is 0 Å². The molecule has 1 aromatic carbocycles. The number of urea groups is 1. The molecular formula is C18H21FN2O4. The van der Waals surface area contributed by atoms with Gasteiger partial charge in [0.1, 0.15) is 0 Å². The number of benzene rings is 1. The summed E-state index contributed by atoms with van der Waals surface area (Å²) < 4.78 is 18.7. The Bertz CT molecular complexity index is 721. The van der Waals surface area contributed by atoms with Crippen molar-refractivity contribution in [2.75, 3.05) is 7.11 Å². The van der Waals surface area contributed by atoms with Crippen LogP contribution in [0.4, 0.5) is 9.18 Å². The maximum atomic E-state index is 13.8. The molecule has 0 N–H and O–H groups in total. The van der Waals surface area contributed by atoms with E-state index in [2.05, 4.69) is 0 Å². The third-order valence-corrected chi connectivity index (χ3v) is 5.04. The minimum absolute atomic E-state index is 0.0801. The molecule has 7 heteroatoms. The average Bonchev–Trinajstić information content (AvgIpc) is 2.79. The molecule has 4 amide bonds. The van der Waals surface area contributed by atoms with Crippen LogP contribution in [0.25, 0.3) is 0 Å². The molecule has 0 bridgehead atoms. The number of imide groups is 2. The summed E-state index contributed by atoms with van der Waals surface area (Å²) in [6, 6.07) is 3.35. The molecular weight excluding hydrogens is 327 g/mol. The van der Waals surface area contributed by atoms with Crippen molar-refractivity contribution in [1.29, 1.82) is 0 Å². The number of methoxy groups -OCH3 is 1. The summed E-state index contributed by atoms with van der Waals surface area (Å²) in [4.78, 5) is 39.3. The first kappa shape index (κ1) is 17.4. The molecule has 1 aliphatic heterocycles. The lowest BCUT2D eigenvalue weighted by atomic mass is 9.85. The number of nitrogens with zero attached hydrogens (tertiary/aromatic N) is 2. The van der Waals surface area contributed by atoms with Crippen molar-refractivity contribution in [3.63, 3.8) is 0 Å². The molecule has 2 atom stereocenters. The Hall–Kier alpha value is -2.44. The lowest BCUT2D eigenvalue weighted by molar-refractivity contribution is -0.144. The molecule has 3 rings (SSSR count). The van der Waals surface area contributed by atoms with Crippen molar-refractivity contribution in [1.82, 2.24) is 9.80 Å². The molecule has 2 aliphatic rings. The van der Waals surface area contributed by atoms with Gasteiger partial charge in [0.2, 0.25) is 0 Å². The summed E-state index contributed by atoms with van der Waals surface area (Å²) in [5, 5.41) is 0. The highest BCUT2D eigenvalue weighted by Gasteiger charge is 2.48. The number of rotatable bonds is 4. The SMILES string of the molecule is COc1ccc(CN2C(=O)C(=O)N([C@H]3CCCC[C@@H]3C)C2=O)cc1F. The van der Waals surface area contributed by atoms with Gasteiger partial charge >= 0.3 is 17.8 Å². The average molecular weight is 348 g/mol. The van der Waals surface area contributed by atoms with Crippen LogP contribution in [-0.2, 0) is 16.1 Å². The first-order valence-electron chi connectivity index (χ1n) is 8.45. The maximum Gasteiger partial charge on any atom is 0.334 e. The zero-order valence-corrected chi connectivity index (χ0v) is 14.3. The van der Waals surface area contributed by atoms with E-state index < -0.39 is 23.7 Å². The quantitative estimate of drug-likeness (QED) is 0.620. The Kier molecular flexibility index (Phi) is 4.74. The van der Waals surface area contributed by atoms with Gasteiger partial charge in [0.05, 0.1) is 13.7 Å². The van der Waals surface area contributed by atoms with Crippen LogP contribution in [0.1, 0.15) is 38.2 Å². The van der Waals surface area contributed by atoms with Crippen molar-refractivity contribution < 1.29 is 23.5 Å². The van der Waals surface area contributed by atoms with Gasteiger partial charge < -0.3 is 4.74 Å². The fraction of sp³-hybridized carbons (Fsp3) is 0.500. The molecule has 0 aromatic heterocycles. The molecule has 1 saturated carbocycles. The highest BCUT2D eigenvalue weighted by atomic mass is 19.1. The molecule has 1 aromatic rings. The van der Waals surface area contributed by atoms with Gasteiger partial charge in [-0.3, -0.25) is 19.4 Å². The summed E-state index contributed by atoms with van der Waals surface area (Å²) >= 11 is 0. The fourth-order valence-corrected chi connectivity index (χ4v) is 3.63. The first-order valence-corrected chi connectivity index (χ1v) is 8.45. The van der Waals surface area contributed by atoms with E-state index in [1.807, 2.05) is 6.92 Å². The number of carbonyl (C=O) groups excluding carboxylic acids is 3. The Labute approximate surface area is 145 Å². The molecule has 134 valence electrons. The van der Waals surface area contributed by atoms with Crippen molar-refractivity contribution in [2.45, 2.75) is 45.2 Å². The van der Waals surface area contributed by atoms with Gasteiger partial charge in [-0.2, -0.15) is 0 Å². The summed E-state index contributed by atoms with van der Waals surface area (Å²) in [6.07, 6.45) is 3.65. The number of hydrogen-bond donors (Lipinski definition) is 0. The Balaban J connectivity index is 1.80. The Morgan fingerprint density at radius 2 is 1.88 bits per heavy atom. The van der Waals surface area contributed by atoms with Crippen molar-refractivity contribution in [3.8, 4) is 5.75 Å². The zero-order chi connectivity index (χ0) is 18.1. The smallest absolute Gasteiger partial charge is 0.334 e.